The maximum Gasteiger partial charge on any atom is 0.304 e. The van der Waals surface area contributed by atoms with Crippen molar-refractivity contribution < 1.29 is 9.90 Å². The smallest absolute Gasteiger partial charge is 0.304 e. The van der Waals surface area contributed by atoms with Crippen LogP contribution in [0.25, 0.3) is 0 Å². The fourth-order valence-electron chi connectivity index (χ4n) is 2.57. The summed E-state index contributed by atoms with van der Waals surface area (Å²) in [6.45, 7) is 0. The topological polar surface area (TPSA) is 40.5 Å². The molecule has 0 saturated heterocycles. The van der Waals surface area contributed by atoms with E-state index >= 15 is 0 Å². The molecule has 1 N–H and O–H groups in total. The average molecular weight is 233 g/mol. The minimum Gasteiger partial charge on any atom is -0.481 e. The molecule has 0 radical (unpaired) electrons. The standard InChI is InChI=1S/C14H19NO2/c1-15(2)12-6-4-11(5-7-12)14(8-3-9-14)10-13(16)17/h4-7H,3,8-10H2,1-2H3,(H,16,17). The van der Waals surface area contributed by atoms with Gasteiger partial charge in [0.1, 0.15) is 0 Å². The van der Waals surface area contributed by atoms with E-state index in [1.54, 1.807) is 0 Å². The third-order valence-corrected chi connectivity index (χ3v) is 3.80. The molecule has 92 valence electrons. The van der Waals surface area contributed by atoms with E-state index in [0.717, 1.165) is 24.9 Å². The van der Waals surface area contributed by atoms with E-state index in [-0.39, 0.29) is 11.8 Å². The van der Waals surface area contributed by atoms with Crippen LogP contribution in [0.1, 0.15) is 31.2 Å². The molecule has 0 unspecified atom stereocenters. The Kier molecular flexibility index (Phi) is 3.09. The summed E-state index contributed by atoms with van der Waals surface area (Å²) in [7, 11) is 4.01. The number of benzene rings is 1. The van der Waals surface area contributed by atoms with Gasteiger partial charge >= 0.3 is 5.97 Å². The number of carbonyl (C=O) groups is 1. The molecule has 0 bridgehead atoms. The van der Waals surface area contributed by atoms with Gasteiger partial charge in [-0.1, -0.05) is 18.6 Å². The second kappa shape index (κ2) is 4.40. The molecule has 1 fully saturated rings. The van der Waals surface area contributed by atoms with Gasteiger partial charge in [0.15, 0.2) is 0 Å². The molecule has 17 heavy (non-hydrogen) atoms. The van der Waals surface area contributed by atoms with Gasteiger partial charge in [0.05, 0.1) is 6.42 Å². The van der Waals surface area contributed by atoms with Gasteiger partial charge in [0.2, 0.25) is 0 Å². The van der Waals surface area contributed by atoms with Crippen LogP contribution in [-0.2, 0) is 10.2 Å². The highest BCUT2D eigenvalue weighted by Gasteiger charge is 2.40. The molecule has 0 aromatic heterocycles. The zero-order valence-electron chi connectivity index (χ0n) is 10.4. The van der Waals surface area contributed by atoms with Crippen molar-refractivity contribution in [3.05, 3.63) is 29.8 Å². The summed E-state index contributed by atoms with van der Waals surface area (Å²) >= 11 is 0. The van der Waals surface area contributed by atoms with E-state index in [2.05, 4.69) is 29.2 Å². The Bertz CT molecular complexity index is 405. The molecule has 1 aromatic carbocycles. The molecule has 0 amide bonds. The largest absolute Gasteiger partial charge is 0.481 e. The fourth-order valence-corrected chi connectivity index (χ4v) is 2.57. The molecule has 3 heteroatoms. The summed E-state index contributed by atoms with van der Waals surface area (Å²) in [5.41, 5.74) is 2.23. The number of carboxylic acids is 1. The summed E-state index contributed by atoms with van der Waals surface area (Å²) in [4.78, 5) is 13.0. The van der Waals surface area contributed by atoms with Crippen molar-refractivity contribution in [2.75, 3.05) is 19.0 Å². The van der Waals surface area contributed by atoms with Gasteiger partial charge in [0, 0.05) is 25.2 Å². The number of anilines is 1. The third-order valence-electron chi connectivity index (χ3n) is 3.80. The van der Waals surface area contributed by atoms with Gasteiger partial charge in [-0.3, -0.25) is 4.79 Å². The van der Waals surface area contributed by atoms with Crippen LogP contribution in [-0.4, -0.2) is 25.2 Å². The highest BCUT2D eigenvalue weighted by Crippen LogP contribution is 2.46. The minimum absolute atomic E-state index is 0.101. The summed E-state index contributed by atoms with van der Waals surface area (Å²) in [6.07, 6.45) is 3.40. The van der Waals surface area contributed by atoms with E-state index in [9.17, 15) is 4.79 Å². The lowest BCUT2D eigenvalue weighted by Gasteiger charge is -2.41. The summed E-state index contributed by atoms with van der Waals surface area (Å²) in [5.74, 6) is -0.693. The van der Waals surface area contributed by atoms with E-state index in [0.29, 0.717) is 0 Å². The number of hydrogen-bond acceptors (Lipinski definition) is 2. The first-order valence-electron chi connectivity index (χ1n) is 6.03. The fraction of sp³-hybridized carbons (Fsp3) is 0.500. The van der Waals surface area contributed by atoms with Crippen molar-refractivity contribution in [3.8, 4) is 0 Å². The maximum atomic E-state index is 10.9. The van der Waals surface area contributed by atoms with Crippen molar-refractivity contribution >= 4 is 11.7 Å². The van der Waals surface area contributed by atoms with Crippen LogP contribution in [0, 0.1) is 0 Å². The molecule has 3 nitrogen and oxygen atoms in total. The van der Waals surface area contributed by atoms with E-state index in [4.69, 9.17) is 5.11 Å². The van der Waals surface area contributed by atoms with E-state index < -0.39 is 5.97 Å². The van der Waals surface area contributed by atoms with Crippen molar-refractivity contribution in [2.45, 2.75) is 31.1 Å². The quantitative estimate of drug-likeness (QED) is 0.869. The maximum absolute atomic E-state index is 10.9. The van der Waals surface area contributed by atoms with Gasteiger partial charge in [-0.2, -0.15) is 0 Å². The predicted molar refractivity (Wildman–Crippen MR) is 68.6 cm³/mol. The van der Waals surface area contributed by atoms with Crippen molar-refractivity contribution in [1.82, 2.24) is 0 Å². The molecular formula is C14H19NO2. The zero-order valence-corrected chi connectivity index (χ0v) is 10.4. The van der Waals surface area contributed by atoms with Gasteiger partial charge in [-0.15, -0.1) is 0 Å². The number of hydrogen-bond donors (Lipinski definition) is 1. The molecule has 1 aliphatic carbocycles. The summed E-state index contributed by atoms with van der Waals surface area (Å²) in [6, 6.07) is 8.30. The Labute approximate surface area is 102 Å². The first-order valence-corrected chi connectivity index (χ1v) is 6.03. The summed E-state index contributed by atoms with van der Waals surface area (Å²) in [5, 5.41) is 9.01. The van der Waals surface area contributed by atoms with E-state index in [1.165, 1.54) is 5.56 Å². The van der Waals surface area contributed by atoms with Crippen LogP contribution < -0.4 is 4.90 Å². The predicted octanol–water partition coefficient (Wildman–Crippen LogP) is 2.65. The molecule has 0 spiro atoms. The first-order chi connectivity index (χ1) is 8.03. The summed E-state index contributed by atoms with van der Waals surface area (Å²) < 4.78 is 0. The second-order valence-corrected chi connectivity index (χ2v) is 5.15. The Morgan fingerprint density at radius 2 is 1.88 bits per heavy atom. The van der Waals surface area contributed by atoms with Crippen LogP contribution >= 0.6 is 0 Å². The average Bonchev–Trinajstić information content (AvgIpc) is 2.23. The molecule has 1 aromatic rings. The van der Waals surface area contributed by atoms with Gasteiger partial charge in [-0.25, -0.2) is 0 Å². The van der Waals surface area contributed by atoms with Crippen molar-refractivity contribution in [1.29, 1.82) is 0 Å². The number of rotatable bonds is 4. The van der Waals surface area contributed by atoms with Crippen LogP contribution in [0.5, 0.6) is 0 Å². The van der Waals surface area contributed by atoms with Crippen LogP contribution in [0.2, 0.25) is 0 Å². The van der Waals surface area contributed by atoms with Gasteiger partial charge in [0.25, 0.3) is 0 Å². The van der Waals surface area contributed by atoms with Crippen molar-refractivity contribution in [3.63, 3.8) is 0 Å². The van der Waals surface area contributed by atoms with Crippen molar-refractivity contribution in [2.24, 2.45) is 0 Å². The number of nitrogens with zero attached hydrogens (tertiary/aromatic N) is 1. The van der Waals surface area contributed by atoms with Crippen LogP contribution in [0.4, 0.5) is 5.69 Å². The molecule has 0 atom stereocenters. The third kappa shape index (κ3) is 2.28. The highest BCUT2D eigenvalue weighted by molar-refractivity contribution is 5.69. The molecule has 1 aliphatic rings. The number of aliphatic carboxylic acids is 1. The molecular weight excluding hydrogens is 214 g/mol. The molecule has 2 rings (SSSR count). The molecule has 0 aliphatic heterocycles. The van der Waals surface area contributed by atoms with Gasteiger partial charge in [-0.05, 0) is 30.5 Å². The Balaban J connectivity index is 2.23. The second-order valence-electron chi connectivity index (χ2n) is 5.15. The molecule has 1 saturated carbocycles. The first kappa shape index (κ1) is 12.0. The Hall–Kier alpha value is -1.51. The van der Waals surface area contributed by atoms with Gasteiger partial charge < -0.3 is 10.0 Å². The van der Waals surface area contributed by atoms with E-state index in [1.807, 2.05) is 14.1 Å². The Morgan fingerprint density at radius 1 is 1.29 bits per heavy atom. The lowest BCUT2D eigenvalue weighted by Crippen LogP contribution is -2.36. The minimum atomic E-state index is -0.693. The monoisotopic (exact) mass is 233 g/mol. The number of carboxylic acid groups (broad SMARTS) is 1. The Morgan fingerprint density at radius 3 is 2.24 bits per heavy atom. The van der Waals surface area contributed by atoms with Crippen LogP contribution in [0.15, 0.2) is 24.3 Å². The lowest BCUT2D eigenvalue weighted by atomic mass is 9.62. The zero-order chi connectivity index (χ0) is 12.5. The lowest BCUT2D eigenvalue weighted by molar-refractivity contribution is -0.139. The SMILES string of the molecule is CN(C)c1ccc(C2(CC(=O)O)CCC2)cc1. The highest BCUT2D eigenvalue weighted by atomic mass is 16.4. The normalized spacial score (nSPS) is 17.3. The molecule has 0 heterocycles. The van der Waals surface area contributed by atoms with Crippen LogP contribution in [0.3, 0.4) is 0 Å².